The van der Waals surface area contributed by atoms with Crippen LogP contribution in [0.2, 0.25) is 0 Å². The molecule has 1 heterocycles. The zero-order chi connectivity index (χ0) is 13.8. The van der Waals surface area contributed by atoms with Crippen molar-refractivity contribution in [1.82, 2.24) is 15.1 Å². The van der Waals surface area contributed by atoms with Gasteiger partial charge in [0.05, 0.1) is 5.60 Å². The number of rotatable bonds is 5. The van der Waals surface area contributed by atoms with E-state index in [-0.39, 0.29) is 11.8 Å². The summed E-state index contributed by atoms with van der Waals surface area (Å²) in [7, 11) is 1.87. The predicted molar refractivity (Wildman–Crippen MR) is 72.4 cm³/mol. The molecule has 0 aromatic carbocycles. The molecule has 0 bridgehead atoms. The molecule has 1 atom stereocenters. The molecule has 1 aliphatic rings. The number of hydrogen-bond donors (Lipinski definition) is 2. The summed E-state index contributed by atoms with van der Waals surface area (Å²) in [5.74, 6) is 0.267. The van der Waals surface area contributed by atoms with Crippen LogP contribution in [0.1, 0.15) is 20.8 Å². The highest BCUT2D eigenvalue weighted by Gasteiger charge is 2.26. The summed E-state index contributed by atoms with van der Waals surface area (Å²) < 4.78 is 0. The largest absolute Gasteiger partial charge is 0.389 e. The number of amides is 1. The molecule has 106 valence electrons. The Morgan fingerprint density at radius 3 is 2.33 bits per heavy atom. The second-order valence-corrected chi connectivity index (χ2v) is 5.87. The molecule has 0 aliphatic carbocycles. The van der Waals surface area contributed by atoms with Crippen molar-refractivity contribution in [3.63, 3.8) is 0 Å². The summed E-state index contributed by atoms with van der Waals surface area (Å²) in [5.41, 5.74) is -0.661. The fourth-order valence-electron chi connectivity index (χ4n) is 2.38. The average molecular weight is 257 g/mol. The monoisotopic (exact) mass is 257 g/mol. The number of piperazine rings is 1. The van der Waals surface area contributed by atoms with Gasteiger partial charge in [-0.25, -0.2) is 0 Å². The average Bonchev–Trinajstić information content (AvgIpc) is 2.27. The topological polar surface area (TPSA) is 55.8 Å². The van der Waals surface area contributed by atoms with Gasteiger partial charge in [0, 0.05) is 45.2 Å². The van der Waals surface area contributed by atoms with Gasteiger partial charge in [-0.05, 0) is 20.9 Å². The van der Waals surface area contributed by atoms with Crippen molar-refractivity contribution in [3.8, 4) is 0 Å². The van der Waals surface area contributed by atoms with Gasteiger partial charge in [-0.2, -0.15) is 0 Å². The first kappa shape index (κ1) is 15.4. The minimum Gasteiger partial charge on any atom is -0.389 e. The SMILES string of the molecule is CNCC(C)C(=O)N1CCN(CC(C)(C)O)CC1. The van der Waals surface area contributed by atoms with Crippen molar-refractivity contribution in [1.29, 1.82) is 0 Å². The molecule has 0 radical (unpaired) electrons. The lowest BCUT2D eigenvalue weighted by Crippen LogP contribution is -2.53. The van der Waals surface area contributed by atoms with Crippen LogP contribution < -0.4 is 5.32 Å². The second-order valence-electron chi connectivity index (χ2n) is 5.87. The molecule has 0 aromatic heterocycles. The summed E-state index contributed by atoms with van der Waals surface area (Å²) in [6, 6.07) is 0. The third kappa shape index (κ3) is 4.92. The molecule has 5 nitrogen and oxygen atoms in total. The number of aliphatic hydroxyl groups is 1. The molecule has 1 fully saturated rings. The van der Waals surface area contributed by atoms with Crippen LogP contribution in [0.4, 0.5) is 0 Å². The number of carbonyl (C=O) groups is 1. The third-order valence-corrected chi connectivity index (χ3v) is 3.23. The van der Waals surface area contributed by atoms with Crippen LogP contribution in [0.3, 0.4) is 0 Å². The van der Waals surface area contributed by atoms with Crippen molar-refractivity contribution in [2.45, 2.75) is 26.4 Å². The molecule has 0 saturated carbocycles. The molecule has 0 aromatic rings. The molecule has 1 amide bonds. The first-order valence-corrected chi connectivity index (χ1v) is 6.71. The standard InChI is InChI=1S/C13H27N3O2/c1-11(9-14-4)12(17)16-7-5-15(6-8-16)10-13(2,3)18/h11,14,18H,5-10H2,1-4H3. The summed E-state index contributed by atoms with van der Waals surface area (Å²) in [4.78, 5) is 16.2. The van der Waals surface area contributed by atoms with Gasteiger partial charge in [-0.3, -0.25) is 9.69 Å². The minimum atomic E-state index is -0.661. The Bertz CT molecular complexity index is 268. The maximum Gasteiger partial charge on any atom is 0.226 e. The van der Waals surface area contributed by atoms with E-state index in [4.69, 9.17) is 0 Å². The fraction of sp³-hybridized carbons (Fsp3) is 0.923. The molecule has 18 heavy (non-hydrogen) atoms. The Labute approximate surface area is 110 Å². The number of nitrogens with one attached hydrogen (secondary N) is 1. The van der Waals surface area contributed by atoms with Crippen LogP contribution in [0.5, 0.6) is 0 Å². The highest BCUT2D eigenvalue weighted by molar-refractivity contribution is 5.78. The quantitative estimate of drug-likeness (QED) is 0.713. The molecule has 5 heteroatoms. The summed E-state index contributed by atoms with van der Waals surface area (Å²) in [5, 5.41) is 12.8. The molecular weight excluding hydrogens is 230 g/mol. The Balaban J connectivity index is 2.37. The highest BCUT2D eigenvalue weighted by atomic mass is 16.3. The van der Waals surface area contributed by atoms with Gasteiger partial charge in [0.1, 0.15) is 0 Å². The Morgan fingerprint density at radius 2 is 1.89 bits per heavy atom. The Kier molecular flexibility index (Phi) is 5.56. The molecule has 1 saturated heterocycles. The Morgan fingerprint density at radius 1 is 1.33 bits per heavy atom. The zero-order valence-corrected chi connectivity index (χ0v) is 12.1. The zero-order valence-electron chi connectivity index (χ0n) is 12.1. The van der Waals surface area contributed by atoms with Gasteiger partial charge in [0.25, 0.3) is 0 Å². The Hall–Kier alpha value is -0.650. The van der Waals surface area contributed by atoms with Gasteiger partial charge in [-0.15, -0.1) is 0 Å². The lowest BCUT2D eigenvalue weighted by molar-refractivity contribution is -0.136. The second kappa shape index (κ2) is 6.50. The smallest absolute Gasteiger partial charge is 0.226 e. The summed E-state index contributed by atoms with van der Waals surface area (Å²) in [6.07, 6.45) is 0. The molecule has 1 aliphatic heterocycles. The van der Waals surface area contributed by atoms with E-state index in [9.17, 15) is 9.90 Å². The van der Waals surface area contributed by atoms with Crippen molar-refractivity contribution in [2.75, 3.05) is 46.3 Å². The highest BCUT2D eigenvalue weighted by Crippen LogP contribution is 2.10. The van der Waals surface area contributed by atoms with Crippen LogP contribution in [-0.2, 0) is 4.79 Å². The van der Waals surface area contributed by atoms with E-state index in [1.54, 1.807) is 0 Å². The molecular formula is C13H27N3O2. The first-order valence-electron chi connectivity index (χ1n) is 6.71. The van der Waals surface area contributed by atoms with Gasteiger partial charge >= 0.3 is 0 Å². The maximum atomic E-state index is 12.1. The van der Waals surface area contributed by atoms with E-state index in [1.165, 1.54) is 0 Å². The van der Waals surface area contributed by atoms with Gasteiger partial charge < -0.3 is 15.3 Å². The fourth-order valence-corrected chi connectivity index (χ4v) is 2.38. The van der Waals surface area contributed by atoms with E-state index in [0.29, 0.717) is 6.54 Å². The normalized spacial score (nSPS) is 19.9. The number of carbonyl (C=O) groups excluding carboxylic acids is 1. The van der Waals surface area contributed by atoms with Crippen LogP contribution in [0.15, 0.2) is 0 Å². The first-order chi connectivity index (χ1) is 8.33. The summed E-state index contributed by atoms with van der Waals surface area (Å²) >= 11 is 0. The van der Waals surface area contributed by atoms with E-state index in [1.807, 2.05) is 32.7 Å². The minimum absolute atomic E-state index is 0.0378. The lowest BCUT2D eigenvalue weighted by Gasteiger charge is -2.38. The van der Waals surface area contributed by atoms with E-state index < -0.39 is 5.60 Å². The number of hydrogen-bond acceptors (Lipinski definition) is 4. The van der Waals surface area contributed by atoms with Crippen molar-refractivity contribution >= 4 is 5.91 Å². The van der Waals surface area contributed by atoms with Crippen molar-refractivity contribution in [3.05, 3.63) is 0 Å². The molecule has 1 rings (SSSR count). The number of nitrogens with zero attached hydrogens (tertiary/aromatic N) is 2. The summed E-state index contributed by atoms with van der Waals surface area (Å²) in [6.45, 7) is 10.2. The van der Waals surface area contributed by atoms with Crippen molar-refractivity contribution in [2.24, 2.45) is 5.92 Å². The van der Waals surface area contributed by atoms with E-state index in [2.05, 4.69) is 10.2 Å². The van der Waals surface area contributed by atoms with Gasteiger partial charge in [-0.1, -0.05) is 6.92 Å². The van der Waals surface area contributed by atoms with Crippen LogP contribution in [0.25, 0.3) is 0 Å². The number of β-amino-alcohol motifs (C(OH)–C–C–N with tert-alkyl or cyclic N) is 1. The van der Waals surface area contributed by atoms with Crippen LogP contribution in [-0.4, -0.2) is 72.7 Å². The van der Waals surface area contributed by atoms with E-state index in [0.717, 1.165) is 32.7 Å². The molecule has 1 unspecified atom stereocenters. The third-order valence-electron chi connectivity index (χ3n) is 3.23. The maximum absolute atomic E-state index is 12.1. The van der Waals surface area contributed by atoms with Crippen molar-refractivity contribution < 1.29 is 9.90 Å². The van der Waals surface area contributed by atoms with Crippen LogP contribution >= 0.6 is 0 Å². The molecule has 2 N–H and O–H groups in total. The lowest BCUT2D eigenvalue weighted by atomic mass is 10.1. The van der Waals surface area contributed by atoms with Gasteiger partial charge in [0.2, 0.25) is 5.91 Å². The van der Waals surface area contributed by atoms with Crippen LogP contribution in [0, 0.1) is 5.92 Å². The predicted octanol–water partition coefficient (Wildman–Crippen LogP) is -0.243. The van der Waals surface area contributed by atoms with E-state index >= 15 is 0 Å². The van der Waals surface area contributed by atoms with Gasteiger partial charge in [0.15, 0.2) is 0 Å². The molecule has 0 spiro atoms.